The highest BCUT2D eigenvalue weighted by Gasteiger charge is 2.19. The maximum atomic E-state index is 12.4. The lowest BCUT2D eigenvalue weighted by atomic mass is 10.1. The SMILES string of the molecule is Cc1ccccc1-c1noc(CC(=O)NCC(c2ccccc2Cl)N(C)C)n1. The number of halogens is 1. The van der Waals surface area contributed by atoms with Crippen molar-refractivity contribution >= 4 is 17.5 Å². The van der Waals surface area contributed by atoms with Crippen molar-refractivity contribution in [2.45, 2.75) is 19.4 Å². The minimum atomic E-state index is -0.182. The number of carbonyl (C=O) groups is 1. The van der Waals surface area contributed by atoms with Crippen LogP contribution in [0.3, 0.4) is 0 Å². The second-order valence-corrected chi connectivity index (χ2v) is 7.22. The van der Waals surface area contributed by atoms with Crippen LogP contribution in [0.2, 0.25) is 5.02 Å². The van der Waals surface area contributed by atoms with E-state index in [1.807, 2.05) is 74.4 Å². The number of aryl methyl sites for hydroxylation is 1. The van der Waals surface area contributed by atoms with Crippen molar-refractivity contribution < 1.29 is 9.32 Å². The molecule has 0 fully saturated rings. The molecule has 0 bridgehead atoms. The molecule has 0 radical (unpaired) electrons. The monoisotopic (exact) mass is 398 g/mol. The molecule has 0 spiro atoms. The van der Waals surface area contributed by atoms with E-state index in [0.29, 0.717) is 17.4 Å². The molecular weight excluding hydrogens is 376 g/mol. The Morgan fingerprint density at radius 2 is 1.89 bits per heavy atom. The third-order valence-corrected chi connectivity index (χ3v) is 4.89. The van der Waals surface area contributed by atoms with E-state index >= 15 is 0 Å². The first-order valence-corrected chi connectivity index (χ1v) is 9.39. The van der Waals surface area contributed by atoms with E-state index in [1.165, 1.54) is 0 Å². The Hall–Kier alpha value is -2.70. The van der Waals surface area contributed by atoms with E-state index in [4.69, 9.17) is 16.1 Å². The van der Waals surface area contributed by atoms with Gasteiger partial charge in [-0.05, 0) is 38.2 Å². The van der Waals surface area contributed by atoms with Gasteiger partial charge in [0, 0.05) is 17.1 Å². The standard InChI is InChI=1S/C21H23ClN4O2/c1-14-8-4-5-9-15(14)21-24-20(28-25-21)12-19(27)23-13-18(26(2)3)16-10-6-7-11-17(16)22/h4-11,18H,12-13H2,1-3H3,(H,23,27). The average molecular weight is 399 g/mol. The Labute approximate surface area is 169 Å². The molecule has 1 amide bonds. The van der Waals surface area contributed by atoms with Gasteiger partial charge in [-0.15, -0.1) is 0 Å². The van der Waals surface area contributed by atoms with Gasteiger partial charge >= 0.3 is 0 Å². The maximum absolute atomic E-state index is 12.4. The number of benzene rings is 2. The normalized spacial score (nSPS) is 12.2. The Kier molecular flexibility index (Phi) is 6.44. The Morgan fingerprint density at radius 3 is 2.61 bits per heavy atom. The highest BCUT2D eigenvalue weighted by Crippen LogP contribution is 2.25. The first-order valence-electron chi connectivity index (χ1n) is 9.02. The smallest absolute Gasteiger partial charge is 0.236 e. The summed E-state index contributed by atoms with van der Waals surface area (Å²) in [5, 5.41) is 7.60. The van der Waals surface area contributed by atoms with Crippen LogP contribution in [0.25, 0.3) is 11.4 Å². The number of hydrogen-bond acceptors (Lipinski definition) is 5. The van der Waals surface area contributed by atoms with Crippen LogP contribution in [0.1, 0.15) is 23.1 Å². The van der Waals surface area contributed by atoms with Crippen LogP contribution >= 0.6 is 11.6 Å². The molecular formula is C21H23ClN4O2. The molecule has 28 heavy (non-hydrogen) atoms. The highest BCUT2D eigenvalue weighted by atomic mass is 35.5. The first kappa shape index (κ1) is 20.0. The summed E-state index contributed by atoms with van der Waals surface area (Å²) in [6.07, 6.45) is 0.0293. The van der Waals surface area contributed by atoms with Gasteiger partial charge in [0.1, 0.15) is 6.42 Å². The molecule has 1 unspecified atom stereocenters. The van der Waals surface area contributed by atoms with E-state index in [9.17, 15) is 4.79 Å². The second kappa shape index (κ2) is 8.99. The van der Waals surface area contributed by atoms with E-state index < -0.39 is 0 Å². The van der Waals surface area contributed by atoms with Crippen LogP contribution in [0.15, 0.2) is 53.1 Å². The zero-order chi connectivity index (χ0) is 20.1. The number of aromatic nitrogens is 2. The van der Waals surface area contributed by atoms with Gasteiger partial charge in [0.25, 0.3) is 0 Å². The van der Waals surface area contributed by atoms with Gasteiger partial charge < -0.3 is 14.7 Å². The third-order valence-electron chi connectivity index (χ3n) is 4.55. The van der Waals surface area contributed by atoms with Crippen molar-refractivity contribution in [3.8, 4) is 11.4 Å². The number of likely N-dealkylation sites (N-methyl/N-ethyl adjacent to an activating group) is 1. The molecule has 1 atom stereocenters. The van der Waals surface area contributed by atoms with Gasteiger partial charge in [-0.2, -0.15) is 4.98 Å². The summed E-state index contributed by atoms with van der Waals surface area (Å²) in [5.74, 6) is 0.594. The van der Waals surface area contributed by atoms with Crippen LogP contribution in [-0.2, 0) is 11.2 Å². The summed E-state index contributed by atoms with van der Waals surface area (Å²) >= 11 is 6.31. The van der Waals surface area contributed by atoms with Gasteiger partial charge in [0.15, 0.2) is 0 Å². The van der Waals surface area contributed by atoms with E-state index in [2.05, 4.69) is 15.5 Å². The first-order chi connectivity index (χ1) is 13.5. The molecule has 0 aliphatic rings. The molecule has 1 heterocycles. The summed E-state index contributed by atoms with van der Waals surface area (Å²) in [6, 6.07) is 15.4. The zero-order valence-electron chi connectivity index (χ0n) is 16.1. The summed E-state index contributed by atoms with van der Waals surface area (Å²) in [4.78, 5) is 18.7. The fourth-order valence-corrected chi connectivity index (χ4v) is 3.25. The van der Waals surface area contributed by atoms with Crippen molar-refractivity contribution in [1.29, 1.82) is 0 Å². The molecule has 0 saturated heterocycles. The predicted octanol–water partition coefficient (Wildman–Crippen LogP) is 3.66. The summed E-state index contributed by atoms with van der Waals surface area (Å²) < 4.78 is 5.25. The van der Waals surface area contributed by atoms with Gasteiger partial charge in [0.2, 0.25) is 17.6 Å². The minimum Gasteiger partial charge on any atom is -0.354 e. The number of nitrogens with one attached hydrogen (secondary N) is 1. The van der Waals surface area contributed by atoms with Crippen LogP contribution < -0.4 is 5.32 Å². The molecule has 0 saturated carbocycles. The molecule has 3 aromatic rings. The molecule has 7 heteroatoms. The Balaban J connectivity index is 1.63. The lowest BCUT2D eigenvalue weighted by Crippen LogP contribution is -2.35. The molecule has 1 N–H and O–H groups in total. The largest absolute Gasteiger partial charge is 0.354 e. The molecule has 2 aromatic carbocycles. The Bertz CT molecular complexity index is 955. The van der Waals surface area contributed by atoms with Crippen LogP contribution in [-0.4, -0.2) is 41.6 Å². The van der Waals surface area contributed by atoms with Crippen LogP contribution in [0.4, 0.5) is 0 Å². The Morgan fingerprint density at radius 1 is 1.18 bits per heavy atom. The number of amides is 1. The molecule has 146 valence electrons. The van der Waals surface area contributed by atoms with Crippen molar-refractivity contribution in [2.24, 2.45) is 0 Å². The molecule has 0 aliphatic carbocycles. The van der Waals surface area contributed by atoms with E-state index in [1.54, 1.807) is 0 Å². The van der Waals surface area contributed by atoms with Crippen LogP contribution in [0.5, 0.6) is 0 Å². The van der Waals surface area contributed by atoms with Crippen molar-refractivity contribution in [1.82, 2.24) is 20.4 Å². The van der Waals surface area contributed by atoms with Crippen molar-refractivity contribution in [2.75, 3.05) is 20.6 Å². The van der Waals surface area contributed by atoms with Crippen molar-refractivity contribution in [3.63, 3.8) is 0 Å². The topological polar surface area (TPSA) is 71.3 Å². The average Bonchev–Trinajstić information content (AvgIpc) is 3.11. The van der Waals surface area contributed by atoms with Gasteiger partial charge in [-0.25, -0.2) is 0 Å². The van der Waals surface area contributed by atoms with E-state index in [-0.39, 0.29) is 24.3 Å². The second-order valence-electron chi connectivity index (χ2n) is 6.81. The lowest BCUT2D eigenvalue weighted by Gasteiger charge is -2.25. The number of rotatable bonds is 7. The number of nitrogens with zero attached hydrogens (tertiary/aromatic N) is 3. The summed E-state index contributed by atoms with van der Waals surface area (Å²) in [7, 11) is 3.90. The van der Waals surface area contributed by atoms with Crippen LogP contribution in [0, 0.1) is 6.92 Å². The van der Waals surface area contributed by atoms with Gasteiger partial charge in [-0.3, -0.25) is 4.79 Å². The molecule has 3 rings (SSSR count). The fourth-order valence-electron chi connectivity index (χ4n) is 2.99. The van der Waals surface area contributed by atoms with Gasteiger partial charge in [-0.1, -0.05) is 59.2 Å². The quantitative estimate of drug-likeness (QED) is 0.657. The van der Waals surface area contributed by atoms with E-state index in [0.717, 1.165) is 16.7 Å². The molecule has 1 aromatic heterocycles. The maximum Gasteiger partial charge on any atom is 0.236 e. The fraction of sp³-hybridized carbons (Fsp3) is 0.286. The highest BCUT2D eigenvalue weighted by molar-refractivity contribution is 6.31. The number of hydrogen-bond donors (Lipinski definition) is 1. The molecule has 0 aliphatic heterocycles. The molecule has 6 nitrogen and oxygen atoms in total. The van der Waals surface area contributed by atoms with Crippen molar-refractivity contribution in [3.05, 3.63) is 70.6 Å². The number of carbonyl (C=O) groups excluding carboxylic acids is 1. The third kappa shape index (κ3) is 4.77. The zero-order valence-corrected chi connectivity index (χ0v) is 16.9. The van der Waals surface area contributed by atoms with Gasteiger partial charge in [0.05, 0.1) is 6.04 Å². The summed E-state index contributed by atoms with van der Waals surface area (Å²) in [5.41, 5.74) is 2.91. The minimum absolute atomic E-state index is 0.0293. The summed E-state index contributed by atoms with van der Waals surface area (Å²) in [6.45, 7) is 2.41. The predicted molar refractivity (Wildman–Crippen MR) is 109 cm³/mol. The lowest BCUT2D eigenvalue weighted by molar-refractivity contribution is -0.121.